The summed E-state index contributed by atoms with van der Waals surface area (Å²) >= 11 is 0. The molecule has 1 unspecified atom stereocenters. The molecule has 0 saturated heterocycles. The maximum atomic E-state index is 10.8. The van der Waals surface area contributed by atoms with Gasteiger partial charge in [-0.1, -0.05) is 19.1 Å². The van der Waals surface area contributed by atoms with Crippen molar-refractivity contribution in [2.45, 2.75) is 30.6 Å². The molecule has 0 fully saturated rings. The third kappa shape index (κ3) is 3.83. The zero-order chi connectivity index (χ0) is 13.1. The summed E-state index contributed by atoms with van der Waals surface area (Å²) < 4.78 is 30.4. The van der Waals surface area contributed by atoms with E-state index in [9.17, 15) is 13.2 Å². The van der Waals surface area contributed by atoms with Gasteiger partial charge in [-0.15, -0.1) is 0 Å². The Balaban J connectivity index is 2.97. The van der Waals surface area contributed by atoms with Gasteiger partial charge in [0, 0.05) is 0 Å². The number of carboxylic acid groups (broad SMARTS) is 1. The van der Waals surface area contributed by atoms with Gasteiger partial charge in [0.05, 0.1) is 11.3 Å². The van der Waals surface area contributed by atoms with Gasteiger partial charge in [-0.05, 0) is 30.0 Å². The fourth-order valence-electron chi connectivity index (χ4n) is 1.62. The van der Waals surface area contributed by atoms with E-state index in [1.807, 2.05) is 6.92 Å². The Hall–Kier alpha value is -1.40. The van der Waals surface area contributed by atoms with Crippen molar-refractivity contribution in [3.63, 3.8) is 0 Å². The maximum Gasteiger partial charge on any atom is 0.303 e. The molecule has 0 radical (unpaired) electrons. The Bertz CT molecular complexity index is 489. The SMILES string of the molecule is CCC(CC(=O)O)c1ccc(S(=O)(=O)O)cc1. The van der Waals surface area contributed by atoms with Crippen LogP contribution in [0.15, 0.2) is 29.2 Å². The summed E-state index contributed by atoms with van der Waals surface area (Å²) in [5.41, 5.74) is 0.752. The van der Waals surface area contributed by atoms with Gasteiger partial charge >= 0.3 is 5.97 Å². The molecule has 0 saturated carbocycles. The van der Waals surface area contributed by atoms with E-state index in [1.165, 1.54) is 24.3 Å². The molecule has 0 heterocycles. The van der Waals surface area contributed by atoms with E-state index < -0.39 is 16.1 Å². The summed E-state index contributed by atoms with van der Waals surface area (Å²) in [5, 5.41) is 8.72. The number of carbonyl (C=O) groups is 1. The summed E-state index contributed by atoms with van der Waals surface area (Å²) in [5.74, 6) is -1.04. The van der Waals surface area contributed by atoms with E-state index in [-0.39, 0.29) is 17.2 Å². The Morgan fingerprint density at radius 1 is 1.29 bits per heavy atom. The van der Waals surface area contributed by atoms with Crippen molar-refractivity contribution in [3.05, 3.63) is 29.8 Å². The molecular formula is C11H14O5S. The van der Waals surface area contributed by atoms with E-state index in [2.05, 4.69) is 0 Å². The van der Waals surface area contributed by atoms with Crippen molar-refractivity contribution in [3.8, 4) is 0 Å². The molecule has 1 aromatic carbocycles. The molecule has 17 heavy (non-hydrogen) atoms. The molecule has 2 N–H and O–H groups in total. The summed E-state index contributed by atoms with van der Waals surface area (Å²) in [4.78, 5) is 10.4. The lowest BCUT2D eigenvalue weighted by Gasteiger charge is -2.12. The Kier molecular flexibility index (Phi) is 4.25. The molecule has 5 nitrogen and oxygen atoms in total. The molecular weight excluding hydrogens is 244 g/mol. The highest BCUT2D eigenvalue weighted by Crippen LogP contribution is 2.24. The highest BCUT2D eigenvalue weighted by atomic mass is 32.2. The van der Waals surface area contributed by atoms with E-state index in [1.54, 1.807) is 0 Å². The zero-order valence-electron chi connectivity index (χ0n) is 9.33. The van der Waals surface area contributed by atoms with Crippen molar-refractivity contribution in [1.29, 1.82) is 0 Å². The van der Waals surface area contributed by atoms with Gasteiger partial charge in [-0.25, -0.2) is 0 Å². The third-order valence-corrected chi connectivity index (χ3v) is 3.43. The molecule has 0 aromatic heterocycles. The Morgan fingerprint density at radius 2 is 1.82 bits per heavy atom. The lowest BCUT2D eigenvalue weighted by molar-refractivity contribution is -0.137. The second-order valence-corrected chi connectivity index (χ2v) is 5.17. The first-order valence-corrected chi connectivity index (χ1v) is 6.58. The molecule has 0 bridgehead atoms. The van der Waals surface area contributed by atoms with Crippen molar-refractivity contribution >= 4 is 16.1 Å². The standard InChI is InChI=1S/C11H14O5S/c1-2-8(7-11(12)13)9-3-5-10(6-4-9)17(14,15)16/h3-6,8H,2,7H2,1H3,(H,12,13)(H,14,15,16). The van der Waals surface area contributed by atoms with Crippen LogP contribution in [0.5, 0.6) is 0 Å². The van der Waals surface area contributed by atoms with E-state index in [0.29, 0.717) is 6.42 Å². The summed E-state index contributed by atoms with van der Waals surface area (Å²) in [6.07, 6.45) is 0.652. The topological polar surface area (TPSA) is 91.7 Å². The molecule has 1 rings (SSSR count). The first-order valence-electron chi connectivity index (χ1n) is 5.13. The highest BCUT2D eigenvalue weighted by molar-refractivity contribution is 7.85. The number of hydrogen-bond donors (Lipinski definition) is 2. The highest BCUT2D eigenvalue weighted by Gasteiger charge is 2.15. The first-order chi connectivity index (χ1) is 7.84. The number of rotatable bonds is 5. The third-order valence-electron chi connectivity index (χ3n) is 2.56. The molecule has 0 amide bonds. The van der Waals surface area contributed by atoms with Crippen LogP contribution in [0, 0.1) is 0 Å². The largest absolute Gasteiger partial charge is 0.481 e. The van der Waals surface area contributed by atoms with E-state index >= 15 is 0 Å². The van der Waals surface area contributed by atoms with E-state index in [4.69, 9.17) is 9.66 Å². The minimum atomic E-state index is -4.19. The molecule has 0 spiro atoms. The van der Waals surface area contributed by atoms with Crippen molar-refractivity contribution in [2.24, 2.45) is 0 Å². The second kappa shape index (κ2) is 5.29. The van der Waals surface area contributed by atoms with Crippen LogP contribution in [0.4, 0.5) is 0 Å². The molecule has 94 valence electrons. The van der Waals surface area contributed by atoms with Gasteiger partial charge in [0.25, 0.3) is 10.1 Å². The molecule has 6 heteroatoms. The minimum absolute atomic E-state index is 0.00171. The van der Waals surface area contributed by atoms with Crippen LogP contribution >= 0.6 is 0 Å². The van der Waals surface area contributed by atoms with Crippen LogP contribution in [-0.4, -0.2) is 24.0 Å². The normalized spacial score (nSPS) is 13.3. The molecule has 0 aliphatic rings. The van der Waals surface area contributed by atoms with E-state index in [0.717, 1.165) is 5.56 Å². The number of carboxylic acids is 1. The molecule has 0 aliphatic carbocycles. The Morgan fingerprint density at radius 3 is 2.18 bits per heavy atom. The molecule has 1 atom stereocenters. The van der Waals surface area contributed by atoms with Crippen LogP contribution in [-0.2, 0) is 14.9 Å². The quantitative estimate of drug-likeness (QED) is 0.787. The maximum absolute atomic E-state index is 10.8. The van der Waals surface area contributed by atoms with Gasteiger partial charge in [-0.2, -0.15) is 8.42 Å². The average Bonchev–Trinajstić information content (AvgIpc) is 2.24. The van der Waals surface area contributed by atoms with Crippen molar-refractivity contribution < 1.29 is 22.9 Å². The predicted octanol–water partition coefficient (Wildman–Crippen LogP) is 1.90. The minimum Gasteiger partial charge on any atom is -0.481 e. The van der Waals surface area contributed by atoms with Crippen LogP contribution in [0.1, 0.15) is 31.2 Å². The van der Waals surface area contributed by atoms with Gasteiger partial charge in [-0.3, -0.25) is 9.35 Å². The van der Waals surface area contributed by atoms with Crippen molar-refractivity contribution in [1.82, 2.24) is 0 Å². The monoisotopic (exact) mass is 258 g/mol. The number of aliphatic carboxylic acids is 1. The smallest absolute Gasteiger partial charge is 0.303 e. The molecule has 1 aromatic rings. The second-order valence-electron chi connectivity index (χ2n) is 3.75. The van der Waals surface area contributed by atoms with Gasteiger partial charge in [0.2, 0.25) is 0 Å². The summed E-state index contributed by atoms with van der Waals surface area (Å²) in [6.45, 7) is 1.87. The number of hydrogen-bond acceptors (Lipinski definition) is 3. The fraction of sp³-hybridized carbons (Fsp3) is 0.364. The fourth-order valence-corrected chi connectivity index (χ4v) is 2.10. The lowest BCUT2D eigenvalue weighted by atomic mass is 9.93. The van der Waals surface area contributed by atoms with Gasteiger partial charge in [0.15, 0.2) is 0 Å². The predicted molar refractivity (Wildman–Crippen MR) is 61.5 cm³/mol. The van der Waals surface area contributed by atoms with Gasteiger partial charge in [0.1, 0.15) is 0 Å². The van der Waals surface area contributed by atoms with Crippen molar-refractivity contribution in [2.75, 3.05) is 0 Å². The van der Waals surface area contributed by atoms with Crippen LogP contribution < -0.4 is 0 Å². The van der Waals surface area contributed by atoms with Crippen LogP contribution in [0.3, 0.4) is 0 Å². The van der Waals surface area contributed by atoms with Gasteiger partial charge < -0.3 is 5.11 Å². The lowest BCUT2D eigenvalue weighted by Crippen LogP contribution is -2.06. The Labute approximate surface area is 99.8 Å². The molecule has 0 aliphatic heterocycles. The first kappa shape index (κ1) is 13.7. The summed E-state index contributed by atoms with van der Waals surface area (Å²) in [7, 11) is -4.19. The van der Waals surface area contributed by atoms with Crippen LogP contribution in [0.25, 0.3) is 0 Å². The zero-order valence-corrected chi connectivity index (χ0v) is 10.1. The summed E-state index contributed by atoms with van der Waals surface area (Å²) in [6, 6.07) is 5.60. The average molecular weight is 258 g/mol. The van der Waals surface area contributed by atoms with Crippen LogP contribution in [0.2, 0.25) is 0 Å². The number of benzene rings is 1.